The van der Waals surface area contributed by atoms with Gasteiger partial charge < -0.3 is 10.6 Å². The molecule has 0 bridgehead atoms. The highest BCUT2D eigenvalue weighted by Crippen LogP contribution is 2.26. The predicted octanol–water partition coefficient (Wildman–Crippen LogP) is 2.78. The van der Waals surface area contributed by atoms with Gasteiger partial charge in [0.2, 0.25) is 5.91 Å². The van der Waals surface area contributed by atoms with Crippen molar-refractivity contribution in [1.82, 2.24) is 20.5 Å². The molecule has 1 saturated heterocycles. The molecule has 2 heterocycles. The molecule has 2 N–H and O–H groups in total. The van der Waals surface area contributed by atoms with Crippen molar-refractivity contribution in [1.29, 1.82) is 0 Å². The van der Waals surface area contributed by atoms with E-state index in [2.05, 4.69) is 15.6 Å². The average molecular weight is 451 g/mol. The van der Waals surface area contributed by atoms with Gasteiger partial charge in [-0.15, -0.1) is 36.2 Å². The Hall–Kier alpha value is -0.610. The van der Waals surface area contributed by atoms with Gasteiger partial charge in [0.1, 0.15) is 6.04 Å². The van der Waals surface area contributed by atoms with Gasteiger partial charge in [-0.25, -0.2) is 4.98 Å². The third kappa shape index (κ3) is 8.11. The lowest BCUT2D eigenvalue weighted by atomic mass is 9.98. The molecule has 1 aromatic heterocycles. The predicted molar refractivity (Wildman–Crippen MR) is 106 cm³/mol. The van der Waals surface area contributed by atoms with Crippen LogP contribution in [0.4, 0.5) is 13.2 Å². The summed E-state index contributed by atoms with van der Waals surface area (Å²) in [4.78, 5) is 17.8. The first-order valence-electron chi connectivity index (χ1n) is 8.30. The van der Waals surface area contributed by atoms with Gasteiger partial charge in [0, 0.05) is 43.5 Å². The number of rotatable bonds is 5. The van der Waals surface area contributed by atoms with Gasteiger partial charge in [-0.2, -0.15) is 13.2 Å². The Kier molecular flexibility index (Phi) is 10.6. The number of amides is 1. The first-order valence-corrected chi connectivity index (χ1v) is 9.18. The minimum absolute atomic E-state index is 0. The second-order valence-electron chi connectivity index (χ2n) is 7.22. The van der Waals surface area contributed by atoms with Gasteiger partial charge in [-0.05, 0) is 0 Å². The summed E-state index contributed by atoms with van der Waals surface area (Å²) < 4.78 is 39.9. The maximum Gasteiger partial charge on any atom is 0.405 e. The fourth-order valence-electron chi connectivity index (χ4n) is 2.62. The standard InChI is InChI=1S/C16H25F3N4OS.2ClH/c1-15(2,3)14-22-11(10-25-14)8-13(24)21-9-12(16(17,18)19)23-6-4-20-5-7-23;;/h10,12,20H,4-9H2,1-3H3,(H,21,24);2*1H. The number of alkyl halides is 3. The second kappa shape index (κ2) is 10.8. The van der Waals surface area contributed by atoms with Crippen LogP contribution in [0.2, 0.25) is 0 Å². The second-order valence-corrected chi connectivity index (χ2v) is 8.08. The molecule has 5 nitrogen and oxygen atoms in total. The lowest BCUT2D eigenvalue weighted by Gasteiger charge is -2.35. The van der Waals surface area contributed by atoms with E-state index in [0.717, 1.165) is 5.01 Å². The minimum Gasteiger partial charge on any atom is -0.354 e. The normalized spacial score (nSPS) is 16.8. The summed E-state index contributed by atoms with van der Waals surface area (Å²) in [6, 6.07) is -1.65. The monoisotopic (exact) mass is 450 g/mol. The van der Waals surface area contributed by atoms with E-state index in [4.69, 9.17) is 0 Å². The third-order valence-corrected chi connectivity index (χ3v) is 5.31. The van der Waals surface area contributed by atoms with Gasteiger partial charge >= 0.3 is 6.18 Å². The van der Waals surface area contributed by atoms with Crippen LogP contribution >= 0.6 is 36.2 Å². The quantitative estimate of drug-likeness (QED) is 0.723. The molecule has 1 fully saturated rings. The maximum absolute atomic E-state index is 13.3. The zero-order valence-electron chi connectivity index (χ0n) is 15.6. The molecule has 0 spiro atoms. The lowest BCUT2D eigenvalue weighted by Crippen LogP contribution is -2.57. The van der Waals surface area contributed by atoms with Crippen LogP contribution in [0.3, 0.4) is 0 Å². The van der Waals surface area contributed by atoms with E-state index in [9.17, 15) is 18.0 Å². The Labute approximate surface area is 174 Å². The smallest absolute Gasteiger partial charge is 0.354 e. The molecule has 1 aromatic rings. The van der Waals surface area contributed by atoms with Crippen LogP contribution in [-0.2, 0) is 16.6 Å². The van der Waals surface area contributed by atoms with Gasteiger partial charge in [0.25, 0.3) is 0 Å². The highest BCUT2D eigenvalue weighted by molar-refractivity contribution is 7.09. The lowest BCUT2D eigenvalue weighted by molar-refractivity contribution is -0.184. The number of carbonyl (C=O) groups excluding carboxylic acids is 1. The highest BCUT2D eigenvalue weighted by Gasteiger charge is 2.43. The van der Waals surface area contributed by atoms with Crippen LogP contribution < -0.4 is 10.6 Å². The zero-order valence-corrected chi connectivity index (χ0v) is 18.0. The average Bonchev–Trinajstić information content (AvgIpc) is 2.95. The molecule has 0 aliphatic carbocycles. The van der Waals surface area contributed by atoms with Crippen molar-refractivity contribution in [2.45, 2.75) is 44.8 Å². The number of hydrogen-bond acceptors (Lipinski definition) is 5. The van der Waals surface area contributed by atoms with E-state index in [1.165, 1.54) is 16.2 Å². The molecular weight excluding hydrogens is 424 g/mol. The minimum atomic E-state index is -4.37. The molecule has 0 aromatic carbocycles. The van der Waals surface area contributed by atoms with Crippen LogP contribution in [0.5, 0.6) is 0 Å². The SMILES string of the molecule is CC(C)(C)c1nc(CC(=O)NCC(N2CCNCC2)C(F)(F)F)cs1.Cl.Cl. The summed E-state index contributed by atoms with van der Waals surface area (Å²) in [7, 11) is 0. The zero-order chi connectivity index (χ0) is 18.7. The Bertz CT molecular complexity index is 587. The third-order valence-electron chi connectivity index (χ3n) is 4.00. The summed E-state index contributed by atoms with van der Waals surface area (Å²) in [5, 5.41) is 8.15. The number of hydrogen-bond donors (Lipinski definition) is 2. The van der Waals surface area contributed by atoms with Crippen molar-refractivity contribution in [3.63, 3.8) is 0 Å². The maximum atomic E-state index is 13.3. The Balaban J connectivity index is 0.00000338. The largest absolute Gasteiger partial charge is 0.405 e. The molecule has 1 unspecified atom stereocenters. The molecular formula is C16H27Cl2F3N4OS. The van der Waals surface area contributed by atoms with Crippen molar-refractivity contribution in [2.75, 3.05) is 32.7 Å². The number of halogens is 5. The van der Waals surface area contributed by atoms with Crippen LogP contribution in [0, 0.1) is 0 Å². The topological polar surface area (TPSA) is 57.3 Å². The molecule has 1 atom stereocenters. The number of thiazole rings is 1. The molecule has 0 saturated carbocycles. The van der Waals surface area contributed by atoms with Crippen LogP contribution in [0.1, 0.15) is 31.5 Å². The molecule has 11 heteroatoms. The number of nitrogens with one attached hydrogen (secondary N) is 2. The molecule has 1 aliphatic rings. The van der Waals surface area contributed by atoms with E-state index in [0.29, 0.717) is 31.9 Å². The van der Waals surface area contributed by atoms with Gasteiger partial charge in [-0.3, -0.25) is 9.69 Å². The highest BCUT2D eigenvalue weighted by atomic mass is 35.5. The molecule has 1 aliphatic heterocycles. The first kappa shape index (κ1) is 26.4. The number of nitrogens with zero attached hydrogens (tertiary/aromatic N) is 2. The van der Waals surface area contributed by atoms with Crippen LogP contribution in [0.15, 0.2) is 5.38 Å². The number of piperazine rings is 1. The fraction of sp³-hybridized carbons (Fsp3) is 0.750. The van der Waals surface area contributed by atoms with Crippen molar-refractivity contribution in [3.05, 3.63) is 16.1 Å². The first-order chi connectivity index (χ1) is 11.6. The molecule has 158 valence electrons. The van der Waals surface area contributed by atoms with Crippen molar-refractivity contribution < 1.29 is 18.0 Å². The van der Waals surface area contributed by atoms with Crippen LogP contribution in [-0.4, -0.2) is 60.7 Å². The van der Waals surface area contributed by atoms with Crippen molar-refractivity contribution in [2.24, 2.45) is 0 Å². The van der Waals surface area contributed by atoms with E-state index < -0.39 is 24.7 Å². The molecule has 0 radical (unpaired) electrons. The van der Waals surface area contributed by atoms with Crippen LogP contribution in [0.25, 0.3) is 0 Å². The Morgan fingerprint density at radius 3 is 2.37 bits per heavy atom. The van der Waals surface area contributed by atoms with E-state index in [1.54, 1.807) is 5.38 Å². The van der Waals surface area contributed by atoms with E-state index in [-0.39, 0.29) is 36.6 Å². The number of carbonyl (C=O) groups is 1. The number of aromatic nitrogens is 1. The van der Waals surface area contributed by atoms with E-state index >= 15 is 0 Å². The Morgan fingerprint density at radius 1 is 1.30 bits per heavy atom. The van der Waals surface area contributed by atoms with Crippen molar-refractivity contribution >= 4 is 42.1 Å². The Morgan fingerprint density at radius 2 is 1.89 bits per heavy atom. The van der Waals surface area contributed by atoms with E-state index in [1.807, 2.05) is 20.8 Å². The molecule has 2 rings (SSSR count). The summed E-state index contributed by atoms with van der Waals surface area (Å²) >= 11 is 1.46. The summed E-state index contributed by atoms with van der Waals surface area (Å²) in [5.74, 6) is -0.435. The van der Waals surface area contributed by atoms with Gasteiger partial charge in [0.05, 0.1) is 17.1 Å². The fourth-order valence-corrected chi connectivity index (χ4v) is 3.52. The molecule has 1 amide bonds. The summed E-state index contributed by atoms with van der Waals surface area (Å²) in [6.45, 7) is 7.33. The summed E-state index contributed by atoms with van der Waals surface area (Å²) in [5.41, 5.74) is 0.487. The summed E-state index contributed by atoms with van der Waals surface area (Å²) in [6.07, 6.45) is -4.37. The van der Waals surface area contributed by atoms with Gasteiger partial charge in [0.15, 0.2) is 0 Å². The van der Waals surface area contributed by atoms with Gasteiger partial charge in [-0.1, -0.05) is 20.8 Å². The van der Waals surface area contributed by atoms with Crippen molar-refractivity contribution in [3.8, 4) is 0 Å². The molecule has 27 heavy (non-hydrogen) atoms.